The Hall–Kier alpha value is -4.05. The molecule has 40 heavy (non-hydrogen) atoms. The third kappa shape index (κ3) is 6.74. The van der Waals surface area contributed by atoms with E-state index in [1.54, 1.807) is 24.3 Å². The quantitative estimate of drug-likeness (QED) is 0.354. The zero-order chi connectivity index (χ0) is 29.4. The second-order valence-corrected chi connectivity index (χ2v) is 11.2. The number of ether oxygens (including phenoxy) is 2. The molecule has 0 aliphatic carbocycles. The Bertz CT molecular complexity index is 1440. The van der Waals surface area contributed by atoms with Gasteiger partial charge in [0.1, 0.15) is 12.6 Å². The number of aryl methyl sites for hydroxylation is 2. The second kappa shape index (κ2) is 13.3. The average molecular weight is 568 g/mol. The van der Waals surface area contributed by atoms with Crippen molar-refractivity contribution in [1.29, 1.82) is 0 Å². The van der Waals surface area contributed by atoms with E-state index in [4.69, 9.17) is 9.47 Å². The van der Waals surface area contributed by atoms with Gasteiger partial charge in [-0.1, -0.05) is 48.9 Å². The number of amides is 2. The maximum Gasteiger partial charge on any atom is 0.264 e. The van der Waals surface area contributed by atoms with Gasteiger partial charge in [0.2, 0.25) is 11.8 Å². The van der Waals surface area contributed by atoms with Crippen molar-refractivity contribution in [2.75, 3.05) is 32.1 Å². The number of carbonyl (C=O) groups is 2. The summed E-state index contributed by atoms with van der Waals surface area (Å²) in [4.78, 5) is 28.4. The predicted octanol–water partition coefficient (Wildman–Crippen LogP) is 4.07. The van der Waals surface area contributed by atoms with Gasteiger partial charge < -0.3 is 19.7 Å². The number of hydrogen-bond acceptors (Lipinski definition) is 6. The molecule has 2 amide bonds. The van der Waals surface area contributed by atoms with E-state index in [1.165, 1.54) is 44.4 Å². The first kappa shape index (κ1) is 30.5. The van der Waals surface area contributed by atoms with E-state index < -0.39 is 28.5 Å². The van der Waals surface area contributed by atoms with Crippen LogP contribution in [-0.2, 0) is 26.2 Å². The number of anilines is 1. The fraction of sp³-hybridized carbons (Fsp3) is 0.333. The van der Waals surface area contributed by atoms with Crippen LogP contribution in [0.15, 0.2) is 71.6 Å². The highest BCUT2D eigenvalue weighted by Crippen LogP contribution is 2.34. The molecular weight excluding hydrogens is 530 g/mol. The van der Waals surface area contributed by atoms with E-state index >= 15 is 0 Å². The molecule has 1 atom stereocenters. The number of hydrogen-bond donors (Lipinski definition) is 1. The molecular formula is C30H37N3O6S. The summed E-state index contributed by atoms with van der Waals surface area (Å²) in [6.07, 6.45) is 0.346. The van der Waals surface area contributed by atoms with Gasteiger partial charge in [0.15, 0.2) is 11.5 Å². The van der Waals surface area contributed by atoms with Crippen LogP contribution in [0.4, 0.5) is 5.69 Å². The standard InChI is InChI=1S/C30H37N3O6S/c1-7-26(30(35)31-4)32(19-23-11-9-8-10-22(23)3)29(34)20-33(24-14-17-27(38-5)28(18-24)39-6)40(36,37)25-15-12-21(2)13-16-25/h8-18,26H,7,19-20H2,1-6H3,(H,31,35)/t26-/m0/s1. The first-order chi connectivity index (χ1) is 19.1. The van der Waals surface area contributed by atoms with Gasteiger partial charge in [-0.15, -0.1) is 0 Å². The van der Waals surface area contributed by atoms with Gasteiger partial charge in [-0.25, -0.2) is 8.42 Å². The Kier molecular flexibility index (Phi) is 10.2. The van der Waals surface area contributed by atoms with Gasteiger partial charge in [-0.3, -0.25) is 13.9 Å². The molecule has 3 aromatic rings. The van der Waals surface area contributed by atoms with E-state index in [2.05, 4.69) is 5.32 Å². The Morgan fingerprint density at radius 1 is 0.925 bits per heavy atom. The molecule has 0 fully saturated rings. The molecule has 0 heterocycles. The van der Waals surface area contributed by atoms with Crippen LogP contribution in [0.3, 0.4) is 0 Å². The molecule has 214 valence electrons. The maximum atomic E-state index is 14.1. The fourth-order valence-electron chi connectivity index (χ4n) is 4.40. The summed E-state index contributed by atoms with van der Waals surface area (Å²) in [7, 11) is 0.249. The van der Waals surface area contributed by atoms with Gasteiger partial charge in [0.05, 0.1) is 24.8 Å². The van der Waals surface area contributed by atoms with Crippen LogP contribution in [0, 0.1) is 13.8 Å². The molecule has 0 radical (unpaired) electrons. The lowest BCUT2D eigenvalue weighted by Crippen LogP contribution is -2.51. The van der Waals surface area contributed by atoms with Gasteiger partial charge in [0.25, 0.3) is 10.0 Å². The minimum atomic E-state index is -4.19. The van der Waals surface area contributed by atoms with Gasteiger partial charge in [-0.2, -0.15) is 0 Å². The van der Waals surface area contributed by atoms with Crippen LogP contribution in [-0.4, -0.2) is 59.0 Å². The third-order valence-corrected chi connectivity index (χ3v) is 8.57. The smallest absolute Gasteiger partial charge is 0.264 e. The molecule has 0 spiro atoms. The highest BCUT2D eigenvalue weighted by atomic mass is 32.2. The van der Waals surface area contributed by atoms with E-state index in [0.29, 0.717) is 17.9 Å². The molecule has 0 aliphatic rings. The zero-order valence-electron chi connectivity index (χ0n) is 23.8. The molecule has 3 rings (SSSR count). The van der Waals surface area contributed by atoms with E-state index in [9.17, 15) is 18.0 Å². The molecule has 0 unspecified atom stereocenters. The van der Waals surface area contributed by atoms with Crippen molar-refractivity contribution in [2.45, 2.75) is 44.7 Å². The van der Waals surface area contributed by atoms with Crippen LogP contribution in [0.5, 0.6) is 11.5 Å². The summed E-state index contributed by atoms with van der Waals surface area (Å²) in [6.45, 7) is 5.20. The van der Waals surface area contributed by atoms with Gasteiger partial charge >= 0.3 is 0 Å². The molecule has 10 heteroatoms. The summed E-state index contributed by atoms with van der Waals surface area (Å²) >= 11 is 0. The molecule has 0 bridgehead atoms. The summed E-state index contributed by atoms with van der Waals surface area (Å²) in [6, 6.07) is 17.8. The molecule has 0 saturated heterocycles. The monoisotopic (exact) mass is 567 g/mol. The number of likely N-dealkylation sites (N-methyl/N-ethyl adjacent to an activating group) is 1. The number of sulfonamides is 1. The molecule has 0 saturated carbocycles. The SMILES string of the molecule is CC[C@@H](C(=O)NC)N(Cc1ccccc1C)C(=O)CN(c1ccc(OC)c(OC)c1)S(=O)(=O)c1ccc(C)cc1. The topological polar surface area (TPSA) is 105 Å². The average Bonchev–Trinajstić information content (AvgIpc) is 2.96. The Morgan fingerprint density at radius 3 is 2.15 bits per heavy atom. The van der Waals surface area contributed by atoms with Crippen LogP contribution in [0.25, 0.3) is 0 Å². The van der Waals surface area contributed by atoms with E-state index in [-0.39, 0.29) is 23.0 Å². The van der Waals surface area contributed by atoms with Gasteiger partial charge in [-0.05, 0) is 55.7 Å². The lowest BCUT2D eigenvalue weighted by atomic mass is 10.1. The Morgan fingerprint density at radius 2 is 1.57 bits per heavy atom. The summed E-state index contributed by atoms with van der Waals surface area (Å²) in [5.41, 5.74) is 2.93. The predicted molar refractivity (Wildman–Crippen MR) is 155 cm³/mol. The zero-order valence-corrected chi connectivity index (χ0v) is 24.6. The van der Waals surface area contributed by atoms with Crippen molar-refractivity contribution in [1.82, 2.24) is 10.2 Å². The number of nitrogens with one attached hydrogen (secondary N) is 1. The highest BCUT2D eigenvalue weighted by Gasteiger charge is 2.34. The van der Waals surface area contributed by atoms with Crippen molar-refractivity contribution < 1.29 is 27.5 Å². The Labute approximate surface area is 236 Å². The molecule has 9 nitrogen and oxygen atoms in total. The normalized spacial score (nSPS) is 11.8. The van der Waals surface area contributed by atoms with Crippen molar-refractivity contribution >= 4 is 27.5 Å². The molecule has 3 aromatic carbocycles. The first-order valence-electron chi connectivity index (χ1n) is 12.9. The number of carbonyl (C=O) groups excluding carboxylic acids is 2. The van der Waals surface area contributed by atoms with Crippen molar-refractivity contribution in [3.63, 3.8) is 0 Å². The van der Waals surface area contributed by atoms with Crippen LogP contribution >= 0.6 is 0 Å². The van der Waals surface area contributed by atoms with Crippen molar-refractivity contribution in [3.8, 4) is 11.5 Å². The summed E-state index contributed by atoms with van der Waals surface area (Å²) in [5, 5.41) is 2.63. The minimum absolute atomic E-state index is 0.0319. The first-order valence-corrected chi connectivity index (χ1v) is 14.4. The lowest BCUT2D eigenvalue weighted by molar-refractivity contribution is -0.140. The molecule has 1 N–H and O–H groups in total. The van der Waals surface area contributed by atoms with E-state index in [1.807, 2.05) is 45.0 Å². The third-order valence-electron chi connectivity index (χ3n) is 6.78. The molecule has 0 aromatic heterocycles. The molecule has 0 aliphatic heterocycles. The van der Waals surface area contributed by atoms with Crippen LogP contribution < -0.4 is 19.1 Å². The fourth-order valence-corrected chi connectivity index (χ4v) is 5.81. The minimum Gasteiger partial charge on any atom is -0.493 e. The summed E-state index contributed by atoms with van der Waals surface area (Å²) in [5.74, 6) is -0.130. The van der Waals surface area contributed by atoms with Crippen LogP contribution in [0.1, 0.15) is 30.0 Å². The highest BCUT2D eigenvalue weighted by molar-refractivity contribution is 7.92. The van der Waals surface area contributed by atoms with Gasteiger partial charge in [0, 0.05) is 19.7 Å². The number of benzene rings is 3. The van der Waals surface area contributed by atoms with E-state index in [0.717, 1.165) is 21.0 Å². The van der Waals surface area contributed by atoms with Crippen molar-refractivity contribution in [3.05, 3.63) is 83.4 Å². The lowest BCUT2D eigenvalue weighted by Gasteiger charge is -2.33. The number of nitrogens with zero attached hydrogens (tertiary/aromatic N) is 2. The second-order valence-electron chi connectivity index (χ2n) is 9.35. The Balaban J connectivity index is 2.13. The largest absolute Gasteiger partial charge is 0.493 e. The summed E-state index contributed by atoms with van der Waals surface area (Å²) < 4.78 is 39.8. The van der Waals surface area contributed by atoms with Crippen LogP contribution in [0.2, 0.25) is 0 Å². The van der Waals surface area contributed by atoms with Crippen molar-refractivity contribution in [2.24, 2.45) is 0 Å². The maximum absolute atomic E-state index is 14.1. The number of methoxy groups -OCH3 is 2. The number of rotatable bonds is 12.